The van der Waals surface area contributed by atoms with Gasteiger partial charge >= 0.3 is 17.8 Å². The molecule has 2 saturated heterocycles. The Morgan fingerprint density at radius 3 is 2.28 bits per heavy atom. The zero-order valence-corrected chi connectivity index (χ0v) is 17.1. The van der Waals surface area contributed by atoms with E-state index >= 15 is 0 Å². The van der Waals surface area contributed by atoms with Crippen molar-refractivity contribution in [1.82, 2.24) is 9.80 Å². The highest BCUT2D eigenvalue weighted by Crippen LogP contribution is 2.25. The predicted octanol–water partition coefficient (Wildman–Crippen LogP) is 0.653. The molecule has 0 radical (unpaired) electrons. The van der Waals surface area contributed by atoms with Crippen LogP contribution in [0, 0.1) is 5.92 Å². The van der Waals surface area contributed by atoms with Crippen LogP contribution in [-0.4, -0.2) is 72.6 Å². The first-order valence-electron chi connectivity index (χ1n) is 9.35. The first-order chi connectivity index (χ1) is 13.6. The van der Waals surface area contributed by atoms with Gasteiger partial charge in [0.25, 0.3) is 0 Å². The van der Waals surface area contributed by atoms with E-state index in [9.17, 15) is 27.6 Å². The van der Waals surface area contributed by atoms with Crippen molar-refractivity contribution < 1.29 is 27.6 Å². The highest BCUT2D eigenvalue weighted by molar-refractivity contribution is 7.91. The normalized spacial score (nSPS) is 21.3. The zero-order valence-electron chi connectivity index (χ0n) is 16.3. The van der Waals surface area contributed by atoms with Crippen molar-refractivity contribution >= 4 is 39.3 Å². The van der Waals surface area contributed by atoms with Gasteiger partial charge in [-0.25, -0.2) is 18.1 Å². The van der Waals surface area contributed by atoms with Gasteiger partial charge in [-0.2, -0.15) is 0 Å². The monoisotopic (exact) mass is 421 g/mol. The van der Waals surface area contributed by atoms with Crippen LogP contribution >= 0.6 is 0 Å². The van der Waals surface area contributed by atoms with Crippen LogP contribution in [0.15, 0.2) is 30.3 Å². The Hall–Kier alpha value is -2.75. The minimum absolute atomic E-state index is 0.0312. The molecule has 1 aromatic rings. The smallest absolute Gasteiger partial charge is 0.307 e. The molecular weight excluding hydrogens is 398 g/mol. The van der Waals surface area contributed by atoms with Crippen molar-refractivity contribution in [3.8, 4) is 0 Å². The van der Waals surface area contributed by atoms with Gasteiger partial charge in [0.1, 0.15) is 6.54 Å². The highest BCUT2D eigenvalue weighted by Gasteiger charge is 2.46. The van der Waals surface area contributed by atoms with Crippen LogP contribution in [0.5, 0.6) is 0 Å². The average molecular weight is 421 g/mol. The van der Waals surface area contributed by atoms with Gasteiger partial charge in [0.05, 0.1) is 17.5 Å². The van der Waals surface area contributed by atoms with E-state index in [1.54, 1.807) is 44.2 Å². The van der Waals surface area contributed by atoms with Crippen LogP contribution in [-0.2, 0) is 24.2 Å². The molecule has 0 N–H and O–H groups in total. The molecule has 156 valence electrons. The number of anilines is 1. The number of para-hydroxylation sites is 1. The molecule has 29 heavy (non-hydrogen) atoms. The third kappa shape index (κ3) is 4.31. The Bertz CT molecular complexity index is 944. The summed E-state index contributed by atoms with van der Waals surface area (Å²) in [5.41, 5.74) is 0.476. The van der Waals surface area contributed by atoms with Crippen LogP contribution in [0.1, 0.15) is 20.3 Å². The number of hydrogen-bond acceptors (Lipinski definition) is 6. The van der Waals surface area contributed by atoms with Gasteiger partial charge in [0.15, 0.2) is 9.84 Å². The van der Waals surface area contributed by atoms with Crippen molar-refractivity contribution in [1.29, 1.82) is 0 Å². The minimum Gasteiger partial charge on any atom is -0.307 e. The number of nitrogens with zero attached hydrogens (tertiary/aromatic N) is 3. The van der Waals surface area contributed by atoms with E-state index < -0.39 is 46.2 Å². The lowest BCUT2D eigenvalue weighted by molar-refractivity contribution is -0.144. The molecule has 1 aromatic carbocycles. The summed E-state index contributed by atoms with van der Waals surface area (Å²) in [5, 5.41) is 0. The van der Waals surface area contributed by atoms with E-state index in [0.717, 1.165) is 4.90 Å². The van der Waals surface area contributed by atoms with Crippen molar-refractivity contribution in [2.75, 3.05) is 29.5 Å². The van der Waals surface area contributed by atoms with Crippen LogP contribution < -0.4 is 4.90 Å². The number of carbonyl (C=O) groups is 4. The molecule has 9 nitrogen and oxygen atoms in total. The maximum Gasteiger partial charge on any atom is 0.334 e. The minimum atomic E-state index is -3.27. The number of rotatable bonds is 6. The molecule has 0 bridgehead atoms. The van der Waals surface area contributed by atoms with Gasteiger partial charge in [0, 0.05) is 12.2 Å². The van der Waals surface area contributed by atoms with Gasteiger partial charge in [-0.1, -0.05) is 32.0 Å². The summed E-state index contributed by atoms with van der Waals surface area (Å²) in [6.07, 6.45) is 0.267. The fourth-order valence-electron chi connectivity index (χ4n) is 3.55. The van der Waals surface area contributed by atoms with Crippen LogP contribution in [0.4, 0.5) is 10.5 Å². The molecule has 0 unspecified atom stereocenters. The summed E-state index contributed by atoms with van der Waals surface area (Å²) in [4.78, 5) is 52.8. The molecule has 2 fully saturated rings. The number of amides is 5. The first kappa shape index (κ1) is 21.0. The number of imide groups is 2. The van der Waals surface area contributed by atoms with Gasteiger partial charge < -0.3 is 4.90 Å². The lowest BCUT2D eigenvalue weighted by Crippen LogP contribution is -2.48. The predicted molar refractivity (Wildman–Crippen MR) is 105 cm³/mol. The third-order valence-corrected chi connectivity index (χ3v) is 6.60. The molecule has 2 heterocycles. The molecule has 0 aliphatic carbocycles. The number of benzene rings is 1. The number of hydrogen-bond donors (Lipinski definition) is 0. The lowest BCUT2D eigenvalue weighted by Gasteiger charge is -2.29. The SMILES string of the molecule is CC(C)CN1C(=O)C(=O)N(CC(=O)N(c2ccccc2)[C@H]2CCS(=O)(=O)C2)C1=O. The summed E-state index contributed by atoms with van der Waals surface area (Å²) in [7, 11) is -3.27. The molecule has 2 aliphatic rings. The standard InChI is InChI=1S/C19H23N3O6S/c1-13(2)10-20-17(24)18(25)21(19(20)26)11-16(23)22(14-6-4-3-5-7-14)15-8-9-29(27,28)12-15/h3-7,13,15H,8-12H2,1-2H3/t15-/m0/s1. The fourth-order valence-corrected chi connectivity index (χ4v) is 5.25. The molecular formula is C19H23N3O6S. The van der Waals surface area contributed by atoms with Crippen LogP contribution in [0.25, 0.3) is 0 Å². The molecule has 1 atom stereocenters. The molecule has 3 rings (SSSR count). The number of urea groups is 1. The van der Waals surface area contributed by atoms with Crippen LogP contribution in [0.3, 0.4) is 0 Å². The highest BCUT2D eigenvalue weighted by atomic mass is 32.2. The topological polar surface area (TPSA) is 112 Å². The van der Waals surface area contributed by atoms with Crippen LogP contribution in [0.2, 0.25) is 0 Å². The molecule has 10 heteroatoms. The molecule has 0 saturated carbocycles. The molecule has 0 aromatic heterocycles. The Kier molecular flexibility index (Phi) is 5.74. The van der Waals surface area contributed by atoms with Crippen molar-refractivity contribution in [2.24, 2.45) is 5.92 Å². The largest absolute Gasteiger partial charge is 0.334 e. The van der Waals surface area contributed by atoms with Gasteiger partial charge in [-0.05, 0) is 24.5 Å². The molecule has 0 spiro atoms. The summed E-state index contributed by atoms with van der Waals surface area (Å²) in [5.74, 6) is -2.86. The second-order valence-electron chi connectivity index (χ2n) is 7.64. The zero-order chi connectivity index (χ0) is 21.3. The van der Waals surface area contributed by atoms with Crippen molar-refractivity contribution in [2.45, 2.75) is 26.3 Å². The summed E-state index contributed by atoms with van der Waals surface area (Å²) < 4.78 is 23.9. The number of sulfone groups is 1. The summed E-state index contributed by atoms with van der Waals surface area (Å²) in [6, 6.07) is 7.07. The Labute approximate surface area is 169 Å². The Balaban J connectivity index is 1.85. The van der Waals surface area contributed by atoms with Crippen molar-refractivity contribution in [3.63, 3.8) is 0 Å². The Morgan fingerprint density at radius 2 is 1.72 bits per heavy atom. The molecule has 5 amide bonds. The maximum atomic E-state index is 13.1. The summed E-state index contributed by atoms with van der Waals surface area (Å²) in [6.45, 7) is 3.06. The van der Waals surface area contributed by atoms with Gasteiger partial charge in [-0.15, -0.1) is 0 Å². The fraction of sp³-hybridized carbons (Fsp3) is 0.474. The van der Waals surface area contributed by atoms with E-state index in [1.807, 2.05) is 0 Å². The third-order valence-electron chi connectivity index (χ3n) is 4.85. The van der Waals surface area contributed by atoms with E-state index in [-0.39, 0.29) is 30.4 Å². The second kappa shape index (κ2) is 7.94. The van der Waals surface area contributed by atoms with E-state index in [2.05, 4.69) is 0 Å². The van der Waals surface area contributed by atoms with Gasteiger partial charge in [0.2, 0.25) is 5.91 Å². The lowest BCUT2D eigenvalue weighted by atomic mass is 10.1. The van der Waals surface area contributed by atoms with E-state index in [4.69, 9.17) is 0 Å². The second-order valence-corrected chi connectivity index (χ2v) is 9.87. The maximum absolute atomic E-state index is 13.1. The Morgan fingerprint density at radius 1 is 1.10 bits per heavy atom. The molecule has 2 aliphatic heterocycles. The van der Waals surface area contributed by atoms with E-state index in [1.165, 1.54) is 4.90 Å². The summed E-state index contributed by atoms with van der Waals surface area (Å²) >= 11 is 0. The first-order valence-corrected chi connectivity index (χ1v) is 11.2. The van der Waals surface area contributed by atoms with Gasteiger partial charge in [-0.3, -0.25) is 19.3 Å². The average Bonchev–Trinajstić information content (AvgIpc) is 3.10. The van der Waals surface area contributed by atoms with E-state index in [0.29, 0.717) is 10.6 Å². The number of carbonyl (C=O) groups excluding carboxylic acids is 4. The van der Waals surface area contributed by atoms with Crippen molar-refractivity contribution in [3.05, 3.63) is 30.3 Å². The quantitative estimate of drug-likeness (QED) is 0.493.